The van der Waals surface area contributed by atoms with Crippen LogP contribution in [0, 0.1) is 6.92 Å². The maximum atomic E-state index is 12.8. The van der Waals surface area contributed by atoms with Gasteiger partial charge < -0.3 is 9.26 Å². The molecule has 0 aliphatic carbocycles. The lowest BCUT2D eigenvalue weighted by Crippen LogP contribution is -2.13. The predicted molar refractivity (Wildman–Crippen MR) is 139 cm³/mol. The van der Waals surface area contributed by atoms with Crippen LogP contribution in [0.3, 0.4) is 0 Å². The van der Waals surface area contributed by atoms with E-state index in [1.54, 1.807) is 19.2 Å². The predicted octanol–water partition coefficient (Wildman–Crippen LogP) is 6.38. The summed E-state index contributed by atoms with van der Waals surface area (Å²) in [6.07, 6.45) is 2.63. The number of aromatic nitrogens is 3. The summed E-state index contributed by atoms with van der Waals surface area (Å²) in [4.78, 5) is 8.74. The Labute approximate surface area is 216 Å². The van der Waals surface area contributed by atoms with Crippen LogP contribution in [0.15, 0.2) is 76.6 Å². The molecule has 5 aromatic rings. The highest BCUT2D eigenvalue weighted by Gasteiger charge is 2.20. The van der Waals surface area contributed by atoms with Crippen molar-refractivity contribution in [1.82, 2.24) is 15.1 Å². The number of hydrogen-bond acceptors (Lipinski definition) is 7. The Bertz CT molecular complexity index is 1690. The van der Waals surface area contributed by atoms with Crippen molar-refractivity contribution in [2.24, 2.45) is 0 Å². The molecule has 8 nitrogen and oxygen atoms in total. The Morgan fingerprint density at radius 1 is 0.972 bits per heavy atom. The first-order valence-electron chi connectivity index (χ1n) is 10.6. The molecule has 0 atom stereocenters. The summed E-state index contributed by atoms with van der Waals surface area (Å²) >= 11 is 13.0. The molecule has 0 saturated heterocycles. The minimum Gasteiger partial charge on any atom is -0.496 e. The number of sulfonamides is 1. The Hall–Kier alpha value is -3.66. The van der Waals surface area contributed by atoms with E-state index in [-0.39, 0.29) is 10.7 Å². The summed E-state index contributed by atoms with van der Waals surface area (Å²) in [5.41, 5.74) is 4.22. The fraction of sp³-hybridized carbons (Fsp3) is 0.0800. The monoisotopic (exact) mass is 540 g/mol. The van der Waals surface area contributed by atoms with Gasteiger partial charge in [-0.25, -0.2) is 18.4 Å². The van der Waals surface area contributed by atoms with Crippen LogP contribution >= 0.6 is 23.2 Å². The van der Waals surface area contributed by atoms with Gasteiger partial charge in [-0.1, -0.05) is 34.4 Å². The molecule has 2 heterocycles. The van der Waals surface area contributed by atoms with Gasteiger partial charge in [-0.05, 0) is 60.5 Å². The number of ether oxygens (including phenoxy) is 1. The third kappa shape index (κ3) is 4.60. The fourth-order valence-corrected chi connectivity index (χ4v) is 5.48. The van der Waals surface area contributed by atoms with Crippen molar-refractivity contribution in [2.75, 3.05) is 11.8 Å². The smallest absolute Gasteiger partial charge is 0.263 e. The molecule has 182 valence electrons. The standard InChI is InChI=1S/C25H18Cl2N4O4S/c1-14-7-15(9-16(26)8-14)19-12-23(34-2)20(11-21(19)27)25-18-4-3-17(10-22(18)28-13-29-25)36(32,33)31-24-5-6-35-30-24/h3-13H,1-2H3,(H,30,31). The summed E-state index contributed by atoms with van der Waals surface area (Å²) in [5, 5.41) is 5.30. The lowest BCUT2D eigenvalue weighted by molar-refractivity contribution is 0.416. The van der Waals surface area contributed by atoms with Crippen molar-refractivity contribution in [1.29, 1.82) is 0 Å². The van der Waals surface area contributed by atoms with E-state index in [9.17, 15) is 8.42 Å². The van der Waals surface area contributed by atoms with E-state index in [4.69, 9.17) is 27.9 Å². The van der Waals surface area contributed by atoms with Gasteiger partial charge in [0.15, 0.2) is 5.82 Å². The summed E-state index contributed by atoms with van der Waals surface area (Å²) in [7, 11) is -2.35. The lowest BCUT2D eigenvalue weighted by Gasteiger charge is -2.15. The zero-order valence-electron chi connectivity index (χ0n) is 19.0. The summed E-state index contributed by atoms with van der Waals surface area (Å²) < 4.78 is 38.3. The molecule has 2 aromatic heterocycles. The van der Waals surface area contributed by atoms with Gasteiger partial charge in [0.25, 0.3) is 10.0 Å². The first-order valence-corrected chi connectivity index (χ1v) is 12.8. The molecule has 5 rings (SSSR count). The zero-order chi connectivity index (χ0) is 25.4. The van der Waals surface area contributed by atoms with Gasteiger partial charge in [-0.3, -0.25) is 4.72 Å². The van der Waals surface area contributed by atoms with Gasteiger partial charge >= 0.3 is 0 Å². The maximum absolute atomic E-state index is 12.8. The van der Waals surface area contributed by atoms with E-state index in [0.29, 0.717) is 38.0 Å². The second-order valence-electron chi connectivity index (χ2n) is 7.94. The Balaban J connectivity index is 1.60. The average Bonchev–Trinajstić information content (AvgIpc) is 3.35. The molecule has 0 spiro atoms. The largest absolute Gasteiger partial charge is 0.496 e. The van der Waals surface area contributed by atoms with E-state index in [1.165, 1.54) is 30.8 Å². The highest BCUT2D eigenvalue weighted by molar-refractivity contribution is 7.92. The van der Waals surface area contributed by atoms with Crippen molar-refractivity contribution in [3.8, 4) is 28.1 Å². The Kier molecular flexibility index (Phi) is 6.29. The number of nitrogens with zero attached hydrogens (tertiary/aromatic N) is 3. The van der Waals surface area contributed by atoms with Crippen molar-refractivity contribution in [2.45, 2.75) is 11.8 Å². The highest BCUT2D eigenvalue weighted by Crippen LogP contribution is 2.41. The van der Waals surface area contributed by atoms with E-state index >= 15 is 0 Å². The van der Waals surface area contributed by atoms with E-state index < -0.39 is 10.0 Å². The Morgan fingerprint density at radius 3 is 2.53 bits per heavy atom. The van der Waals surface area contributed by atoms with Crippen LogP contribution in [-0.4, -0.2) is 30.7 Å². The first-order chi connectivity index (χ1) is 17.2. The highest BCUT2D eigenvalue weighted by atomic mass is 35.5. The molecule has 36 heavy (non-hydrogen) atoms. The minimum atomic E-state index is -3.90. The van der Waals surface area contributed by atoms with Gasteiger partial charge in [-0.15, -0.1) is 0 Å². The molecule has 0 aliphatic rings. The number of nitrogens with one attached hydrogen (secondary N) is 1. The van der Waals surface area contributed by atoms with Gasteiger partial charge in [0.1, 0.15) is 18.3 Å². The lowest BCUT2D eigenvalue weighted by atomic mass is 9.98. The fourth-order valence-electron chi connectivity index (χ4n) is 3.90. The van der Waals surface area contributed by atoms with E-state index in [0.717, 1.165) is 16.7 Å². The van der Waals surface area contributed by atoms with Crippen molar-refractivity contribution in [3.63, 3.8) is 0 Å². The summed E-state index contributed by atoms with van der Waals surface area (Å²) in [6, 6.07) is 15.3. The van der Waals surface area contributed by atoms with E-state index in [1.807, 2.05) is 31.2 Å². The molecule has 11 heteroatoms. The van der Waals surface area contributed by atoms with Crippen LogP contribution < -0.4 is 9.46 Å². The molecule has 1 N–H and O–H groups in total. The third-order valence-corrected chi connectivity index (χ3v) is 7.38. The zero-order valence-corrected chi connectivity index (χ0v) is 21.3. The first kappa shape index (κ1) is 24.1. The van der Waals surface area contributed by atoms with Gasteiger partial charge in [0, 0.05) is 32.6 Å². The number of anilines is 1. The molecule has 0 amide bonds. The van der Waals surface area contributed by atoms with Gasteiger partial charge in [0.2, 0.25) is 0 Å². The van der Waals surface area contributed by atoms with Crippen LogP contribution in [0.25, 0.3) is 33.3 Å². The molecular weight excluding hydrogens is 523 g/mol. The summed E-state index contributed by atoms with van der Waals surface area (Å²) in [6.45, 7) is 1.96. The number of fused-ring (bicyclic) bond motifs is 1. The Morgan fingerprint density at radius 2 is 1.81 bits per heavy atom. The normalized spacial score (nSPS) is 11.6. The van der Waals surface area contributed by atoms with Gasteiger partial charge in [0.05, 0.1) is 23.2 Å². The number of methoxy groups -OCH3 is 1. The van der Waals surface area contributed by atoms with Crippen LogP contribution in [0.2, 0.25) is 10.0 Å². The molecule has 0 aliphatic heterocycles. The molecule has 0 bridgehead atoms. The quantitative estimate of drug-likeness (QED) is 0.266. The van der Waals surface area contributed by atoms with E-state index in [2.05, 4.69) is 24.4 Å². The van der Waals surface area contributed by atoms with Crippen molar-refractivity contribution < 1.29 is 17.7 Å². The average molecular weight is 541 g/mol. The minimum absolute atomic E-state index is 0.0133. The molecule has 0 fully saturated rings. The van der Waals surface area contributed by atoms with Crippen LogP contribution in [0.1, 0.15) is 5.56 Å². The summed E-state index contributed by atoms with van der Waals surface area (Å²) in [5.74, 6) is 0.615. The van der Waals surface area contributed by atoms with Crippen molar-refractivity contribution >= 4 is 49.9 Å². The number of aryl methyl sites for hydroxylation is 1. The number of benzene rings is 3. The third-order valence-electron chi connectivity index (χ3n) is 5.49. The van der Waals surface area contributed by atoms with Crippen molar-refractivity contribution in [3.05, 3.63) is 82.8 Å². The molecule has 0 radical (unpaired) electrons. The molecule has 0 saturated carbocycles. The second-order valence-corrected chi connectivity index (χ2v) is 10.5. The van der Waals surface area contributed by atoms with Crippen LogP contribution in [0.5, 0.6) is 5.75 Å². The van der Waals surface area contributed by atoms with Crippen LogP contribution in [0.4, 0.5) is 5.82 Å². The SMILES string of the molecule is COc1cc(-c2cc(C)cc(Cl)c2)c(Cl)cc1-c1ncnc2cc(S(=O)(=O)Nc3ccon3)ccc12. The topological polar surface area (TPSA) is 107 Å². The number of rotatable bonds is 6. The molecule has 3 aromatic carbocycles. The molecular formula is C25H18Cl2N4O4S. The number of halogens is 2. The molecule has 0 unspecified atom stereocenters. The van der Waals surface area contributed by atoms with Crippen LogP contribution in [-0.2, 0) is 10.0 Å². The van der Waals surface area contributed by atoms with Gasteiger partial charge in [-0.2, -0.15) is 0 Å². The number of hydrogen-bond donors (Lipinski definition) is 1. The maximum Gasteiger partial charge on any atom is 0.263 e. The second kappa shape index (κ2) is 9.42.